The van der Waals surface area contributed by atoms with Crippen LogP contribution in [0, 0.1) is 5.41 Å². The maximum Gasteiger partial charge on any atom is 0.139 e. The fourth-order valence-corrected chi connectivity index (χ4v) is 2.64. The van der Waals surface area contributed by atoms with E-state index in [-0.39, 0.29) is 5.41 Å². The van der Waals surface area contributed by atoms with E-state index >= 15 is 0 Å². The van der Waals surface area contributed by atoms with Crippen LogP contribution in [0.4, 0.5) is 0 Å². The molecule has 0 aromatic carbocycles. The topological polar surface area (TPSA) is 83.1 Å². The Morgan fingerprint density at radius 1 is 1.47 bits per heavy atom. The lowest BCUT2D eigenvalue weighted by Gasteiger charge is -2.30. The van der Waals surface area contributed by atoms with Gasteiger partial charge in [0.2, 0.25) is 0 Å². The Balaban J connectivity index is 1.67. The third-order valence-corrected chi connectivity index (χ3v) is 4.10. The van der Waals surface area contributed by atoms with Crippen LogP contribution in [0.1, 0.15) is 26.2 Å². The van der Waals surface area contributed by atoms with Gasteiger partial charge in [-0.05, 0) is 25.2 Å². The van der Waals surface area contributed by atoms with Crippen molar-refractivity contribution in [2.45, 2.75) is 32.2 Å². The first kappa shape index (κ1) is 14.6. The van der Waals surface area contributed by atoms with E-state index in [9.17, 15) is 0 Å². The molecule has 1 heterocycles. The van der Waals surface area contributed by atoms with E-state index in [4.69, 9.17) is 15.7 Å². The van der Waals surface area contributed by atoms with E-state index in [1.807, 2.05) is 0 Å². The molecule has 1 aliphatic heterocycles. The summed E-state index contributed by atoms with van der Waals surface area (Å²) in [5, 5.41) is 15.3. The summed E-state index contributed by atoms with van der Waals surface area (Å²) in [6.07, 6.45) is 3.03. The molecule has 2 aliphatic rings. The maximum atomic E-state index is 8.64. The van der Waals surface area contributed by atoms with Crippen LogP contribution in [0.2, 0.25) is 0 Å². The molecule has 2 rings (SSSR count). The number of nitrogens with one attached hydrogen (secondary N) is 1. The van der Waals surface area contributed by atoms with Crippen molar-refractivity contribution >= 4 is 5.84 Å². The van der Waals surface area contributed by atoms with E-state index in [0.717, 1.165) is 39.4 Å². The van der Waals surface area contributed by atoms with Gasteiger partial charge in [-0.25, -0.2) is 0 Å². The highest BCUT2D eigenvalue weighted by atomic mass is 16.5. The quantitative estimate of drug-likeness (QED) is 0.267. The minimum absolute atomic E-state index is 0.232. The summed E-state index contributed by atoms with van der Waals surface area (Å²) in [6, 6.07) is 0.461. The van der Waals surface area contributed by atoms with Gasteiger partial charge in [0.05, 0.1) is 13.2 Å². The van der Waals surface area contributed by atoms with Crippen molar-refractivity contribution in [2.75, 3.05) is 39.4 Å². The van der Waals surface area contributed by atoms with Crippen LogP contribution in [0.3, 0.4) is 0 Å². The summed E-state index contributed by atoms with van der Waals surface area (Å²) in [5.74, 6) is 0.347. The van der Waals surface area contributed by atoms with Crippen LogP contribution in [0.5, 0.6) is 0 Å². The van der Waals surface area contributed by atoms with Crippen molar-refractivity contribution in [3.8, 4) is 0 Å². The average molecular weight is 270 g/mol. The summed E-state index contributed by atoms with van der Waals surface area (Å²) in [6.45, 7) is 7.98. The second kappa shape index (κ2) is 6.54. The van der Waals surface area contributed by atoms with Crippen LogP contribution in [-0.2, 0) is 4.74 Å². The predicted octanol–water partition coefficient (Wildman–Crippen LogP) is 0.213. The van der Waals surface area contributed by atoms with Gasteiger partial charge in [0, 0.05) is 38.6 Å². The number of nitrogens with zero attached hydrogens (tertiary/aromatic N) is 2. The second-order valence-electron chi connectivity index (χ2n) is 5.96. The van der Waals surface area contributed by atoms with E-state index < -0.39 is 0 Å². The van der Waals surface area contributed by atoms with Gasteiger partial charge in [-0.15, -0.1) is 0 Å². The van der Waals surface area contributed by atoms with Crippen LogP contribution in [0.25, 0.3) is 0 Å². The Bertz CT molecular complexity index is 312. The van der Waals surface area contributed by atoms with Crippen molar-refractivity contribution in [1.29, 1.82) is 0 Å². The first-order valence-electron chi connectivity index (χ1n) is 7.13. The molecule has 19 heavy (non-hydrogen) atoms. The molecule has 2 fully saturated rings. The Morgan fingerprint density at radius 2 is 2.16 bits per heavy atom. The molecular weight excluding hydrogens is 244 g/mol. The molecule has 1 saturated carbocycles. The third-order valence-electron chi connectivity index (χ3n) is 4.10. The van der Waals surface area contributed by atoms with Crippen molar-refractivity contribution in [3.63, 3.8) is 0 Å². The largest absolute Gasteiger partial charge is 0.409 e. The highest BCUT2D eigenvalue weighted by molar-refractivity contribution is 5.80. The van der Waals surface area contributed by atoms with Gasteiger partial charge < -0.3 is 21.0 Å². The summed E-state index contributed by atoms with van der Waals surface area (Å²) in [5.41, 5.74) is 5.84. The number of hydrogen-bond acceptors (Lipinski definition) is 5. The zero-order valence-electron chi connectivity index (χ0n) is 11.8. The monoisotopic (exact) mass is 270 g/mol. The summed E-state index contributed by atoms with van der Waals surface area (Å²) >= 11 is 0. The van der Waals surface area contributed by atoms with Gasteiger partial charge in [-0.1, -0.05) is 5.16 Å². The number of oxime groups is 1. The molecular formula is C13H26N4O2. The van der Waals surface area contributed by atoms with E-state index in [2.05, 4.69) is 22.3 Å². The van der Waals surface area contributed by atoms with Gasteiger partial charge in [-0.2, -0.15) is 0 Å². The van der Waals surface area contributed by atoms with Crippen molar-refractivity contribution in [2.24, 2.45) is 16.3 Å². The molecule has 1 saturated heterocycles. The highest BCUT2D eigenvalue weighted by Crippen LogP contribution is 2.48. The number of amidine groups is 1. The van der Waals surface area contributed by atoms with Crippen LogP contribution in [0.15, 0.2) is 5.16 Å². The van der Waals surface area contributed by atoms with E-state index in [1.54, 1.807) is 0 Å². The molecule has 0 aromatic rings. The second-order valence-corrected chi connectivity index (χ2v) is 5.96. The molecule has 0 radical (unpaired) electrons. The Hall–Kier alpha value is -0.850. The van der Waals surface area contributed by atoms with Crippen LogP contribution in [-0.4, -0.2) is 61.4 Å². The lowest BCUT2D eigenvalue weighted by atomic mass is 10.0. The number of rotatable bonds is 7. The Kier molecular flexibility index (Phi) is 5.01. The normalized spacial score (nSPS) is 25.2. The maximum absolute atomic E-state index is 8.64. The smallest absolute Gasteiger partial charge is 0.139 e. The van der Waals surface area contributed by atoms with Gasteiger partial charge >= 0.3 is 0 Å². The number of ether oxygens (including phenoxy) is 1. The van der Waals surface area contributed by atoms with Gasteiger partial charge in [0.15, 0.2) is 0 Å². The Labute approximate surface area is 115 Å². The van der Waals surface area contributed by atoms with Crippen molar-refractivity contribution < 1.29 is 9.94 Å². The zero-order valence-corrected chi connectivity index (χ0v) is 11.8. The number of morpholine rings is 1. The summed E-state index contributed by atoms with van der Waals surface area (Å²) in [4.78, 5) is 2.43. The van der Waals surface area contributed by atoms with Gasteiger partial charge in [0.25, 0.3) is 0 Å². The minimum Gasteiger partial charge on any atom is -0.409 e. The number of hydrogen-bond donors (Lipinski definition) is 3. The van der Waals surface area contributed by atoms with Gasteiger partial charge in [0.1, 0.15) is 5.84 Å². The molecule has 110 valence electrons. The minimum atomic E-state index is 0.232. The molecule has 0 spiro atoms. The Morgan fingerprint density at radius 3 is 2.74 bits per heavy atom. The summed E-state index contributed by atoms with van der Waals surface area (Å²) in [7, 11) is 0. The van der Waals surface area contributed by atoms with E-state index in [1.165, 1.54) is 12.8 Å². The lowest BCUT2D eigenvalue weighted by molar-refractivity contribution is 0.0342. The zero-order chi connectivity index (χ0) is 13.7. The predicted molar refractivity (Wildman–Crippen MR) is 74.4 cm³/mol. The van der Waals surface area contributed by atoms with Crippen molar-refractivity contribution in [3.05, 3.63) is 0 Å². The molecule has 0 amide bonds. The lowest BCUT2D eigenvalue weighted by Crippen LogP contribution is -2.45. The van der Waals surface area contributed by atoms with Gasteiger partial charge in [-0.3, -0.25) is 4.90 Å². The fraction of sp³-hybridized carbons (Fsp3) is 0.923. The van der Waals surface area contributed by atoms with E-state index in [0.29, 0.717) is 18.3 Å². The SMILES string of the molecule is CC(CN1CCOCC1)NCC1(CC(N)=NO)CC1. The molecule has 6 heteroatoms. The first-order chi connectivity index (χ1) is 9.13. The summed E-state index contributed by atoms with van der Waals surface area (Å²) < 4.78 is 5.35. The van der Waals surface area contributed by atoms with Crippen LogP contribution >= 0.6 is 0 Å². The fourth-order valence-electron chi connectivity index (χ4n) is 2.64. The van der Waals surface area contributed by atoms with Crippen LogP contribution < -0.4 is 11.1 Å². The molecule has 1 unspecified atom stereocenters. The first-order valence-corrected chi connectivity index (χ1v) is 7.13. The molecule has 4 N–H and O–H groups in total. The molecule has 6 nitrogen and oxygen atoms in total. The highest BCUT2D eigenvalue weighted by Gasteiger charge is 2.43. The standard InChI is InChI=1S/C13H26N4O2/c1-11(9-17-4-6-19-7-5-17)15-10-13(2-3-13)8-12(14)16-18/h11,15,18H,2-10H2,1H3,(H2,14,16). The molecule has 1 atom stereocenters. The third kappa shape index (κ3) is 4.63. The molecule has 0 bridgehead atoms. The number of nitrogens with two attached hydrogens (primary N) is 1. The average Bonchev–Trinajstić information content (AvgIpc) is 3.18. The molecule has 1 aliphatic carbocycles. The molecule has 0 aromatic heterocycles. The van der Waals surface area contributed by atoms with Crippen molar-refractivity contribution in [1.82, 2.24) is 10.2 Å².